The second-order valence-electron chi connectivity index (χ2n) is 8.72. The van der Waals surface area contributed by atoms with Crippen molar-refractivity contribution < 1.29 is 19.1 Å². The van der Waals surface area contributed by atoms with E-state index in [-0.39, 0.29) is 5.78 Å². The number of methoxy groups -OCH3 is 1. The molecular weight excluding hydrogens is 488 g/mol. The predicted octanol–water partition coefficient (Wildman–Crippen LogP) is 3.65. The Labute approximate surface area is 219 Å². The van der Waals surface area contributed by atoms with Crippen LogP contribution in [0.2, 0.25) is 0 Å². The molecule has 0 bridgehead atoms. The molecule has 3 aromatic rings. The fourth-order valence-electron chi connectivity index (χ4n) is 4.60. The number of nitrogens with zero attached hydrogens (tertiary/aromatic N) is 1. The second-order valence-corrected chi connectivity index (χ2v) is 9.83. The van der Waals surface area contributed by atoms with Gasteiger partial charge in [0.2, 0.25) is 5.91 Å². The van der Waals surface area contributed by atoms with Crippen LogP contribution >= 0.6 is 11.3 Å². The summed E-state index contributed by atoms with van der Waals surface area (Å²) in [6.45, 7) is 0.724. The van der Waals surface area contributed by atoms with E-state index < -0.39 is 36.0 Å². The van der Waals surface area contributed by atoms with E-state index in [0.717, 1.165) is 35.4 Å². The lowest BCUT2D eigenvalue weighted by molar-refractivity contribution is -0.130. The molecule has 190 valence electrons. The number of hydrogen-bond acceptors (Lipinski definition) is 7. The van der Waals surface area contributed by atoms with Gasteiger partial charge in [0.15, 0.2) is 5.78 Å². The number of nitrogens with one attached hydrogen (secondary N) is 3. The van der Waals surface area contributed by atoms with Gasteiger partial charge in [-0.05, 0) is 42.6 Å². The number of alkyl carbamates (subject to hydrolysis) is 1. The van der Waals surface area contributed by atoms with Gasteiger partial charge in [0.25, 0.3) is 0 Å². The van der Waals surface area contributed by atoms with Gasteiger partial charge in [-0.3, -0.25) is 9.59 Å². The number of carbonyl (C=O) groups is 3. The molecule has 1 fully saturated rings. The smallest absolute Gasteiger partial charge is 0.407 e. The minimum atomic E-state index is -1.08. The molecule has 1 aliphatic rings. The lowest BCUT2D eigenvalue weighted by atomic mass is 9.84. The Balaban J connectivity index is 1.73. The van der Waals surface area contributed by atoms with Crippen molar-refractivity contribution in [2.75, 3.05) is 13.7 Å². The number of hydrogen-bond donors (Lipinski definition) is 3. The highest BCUT2D eigenvalue weighted by Crippen LogP contribution is 2.31. The van der Waals surface area contributed by atoms with Crippen molar-refractivity contribution in [3.8, 4) is 6.07 Å². The van der Waals surface area contributed by atoms with Gasteiger partial charge in [0.1, 0.15) is 23.0 Å². The lowest BCUT2D eigenvalue weighted by Gasteiger charge is -2.29. The fraction of sp³-hybridized carbons (Fsp3) is 0.286. The maximum absolute atomic E-state index is 13.9. The van der Waals surface area contributed by atoms with Crippen LogP contribution < -0.4 is 16.0 Å². The second kappa shape index (κ2) is 12.3. The molecule has 37 heavy (non-hydrogen) atoms. The number of carbonyl (C=O) groups excluding carboxylic acids is 3. The first-order valence-corrected chi connectivity index (χ1v) is 12.8. The Morgan fingerprint density at radius 1 is 1.00 bits per heavy atom. The molecular formula is C28H28N4O4S. The van der Waals surface area contributed by atoms with Crippen molar-refractivity contribution in [3.05, 3.63) is 93.7 Å². The number of benzene rings is 2. The Bertz CT molecular complexity index is 1230. The van der Waals surface area contributed by atoms with E-state index in [1.165, 1.54) is 7.11 Å². The van der Waals surface area contributed by atoms with Crippen LogP contribution in [-0.2, 0) is 14.3 Å². The summed E-state index contributed by atoms with van der Waals surface area (Å²) < 4.78 is 4.85. The van der Waals surface area contributed by atoms with Gasteiger partial charge in [0, 0.05) is 10.8 Å². The van der Waals surface area contributed by atoms with E-state index in [4.69, 9.17) is 4.74 Å². The van der Waals surface area contributed by atoms with Crippen LogP contribution in [0.5, 0.6) is 0 Å². The number of nitriles is 1. The van der Waals surface area contributed by atoms with E-state index >= 15 is 0 Å². The first kappa shape index (κ1) is 26.1. The zero-order chi connectivity index (χ0) is 26.2. The zero-order valence-corrected chi connectivity index (χ0v) is 21.2. The number of thiophene rings is 1. The largest absolute Gasteiger partial charge is 0.453 e. The molecule has 1 aromatic heterocycles. The molecule has 2 aromatic carbocycles. The van der Waals surface area contributed by atoms with Crippen LogP contribution in [-0.4, -0.2) is 43.5 Å². The third-order valence-corrected chi connectivity index (χ3v) is 7.44. The summed E-state index contributed by atoms with van der Waals surface area (Å²) in [6.07, 6.45) is 0.768. The average molecular weight is 517 g/mol. The molecule has 1 aliphatic heterocycles. The third-order valence-electron chi connectivity index (χ3n) is 6.39. The molecule has 1 saturated heterocycles. The number of Topliss-reactive ketones (excluding diaryl/α,β-unsaturated/α-hetero) is 1. The number of ketones is 1. The van der Waals surface area contributed by atoms with E-state index in [0.29, 0.717) is 16.2 Å². The van der Waals surface area contributed by atoms with Gasteiger partial charge in [0.05, 0.1) is 13.2 Å². The highest BCUT2D eigenvalue weighted by molar-refractivity contribution is 7.12. The van der Waals surface area contributed by atoms with Crippen LogP contribution in [0.25, 0.3) is 0 Å². The molecule has 0 aliphatic carbocycles. The molecule has 1 unspecified atom stereocenters. The summed E-state index contributed by atoms with van der Waals surface area (Å²) in [5.74, 6) is -1.27. The summed E-state index contributed by atoms with van der Waals surface area (Å²) >= 11 is 1.16. The predicted molar refractivity (Wildman–Crippen MR) is 140 cm³/mol. The molecule has 0 spiro atoms. The monoisotopic (exact) mass is 516 g/mol. The van der Waals surface area contributed by atoms with Crippen LogP contribution in [0.15, 0.2) is 72.8 Å². The van der Waals surface area contributed by atoms with Crippen molar-refractivity contribution in [1.29, 1.82) is 5.26 Å². The van der Waals surface area contributed by atoms with E-state index in [2.05, 4.69) is 22.0 Å². The Morgan fingerprint density at radius 2 is 1.65 bits per heavy atom. The van der Waals surface area contributed by atoms with Crippen LogP contribution in [0.3, 0.4) is 0 Å². The quantitative estimate of drug-likeness (QED) is 0.399. The van der Waals surface area contributed by atoms with Gasteiger partial charge in [-0.25, -0.2) is 4.79 Å². The summed E-state index contributed by atoms with van der Waals surface area (Å²) in [5.41, 5.74) is 1.63. The first-order valence-electron chi connectivity index (χ1n) is 12.0. The van der Waals surface area contributed by atoms with Crippen LogP contribution in [0.4, 0.5) is 4.79 Å². The fourth-order valence-corrected chi connectivity index (χ4v) is 5.46. The Kier molecular flexibility index (Phi) is 8.67. The molecule has 9 heteroatoms. The summed E-state index contributed by atoms with van der Waals surface area (Å²) in [6, 6.07) is 21.7. The minimum absolute atomic E-state index is 0.176. The van der Waals surface area contributed by atoms with Gasteiger partial charge >= 0.3 is 6.09 Å². The molecule has 8 nitrogen and oxygen atoms in total. The van der Waals surface area contributed by atoms with Gasteiger partial charge in [-0.15, -0.1) is 11.3 Å². The van der Waals surface area contributed by atoms with Gasteiger partial charge < -0.3 is 20.7 Å². The third kappa shape index (κ3) is 6.23. The summed E-state index contributed by atoms with van der Waals surface area (Å²) in [5, 5.41) is 18.1. The summed E-state index contributed by atoms with van der Waals surface area (Å²) in [4.78, 5) is 40.9. The normalized spacial score (nSPS) is 16.4. The van der Waals surface area contributed by atoms with Crippen molar-refractivity contribution in [1.82, 2.24) is 16.0 Å². The summed E-state index contributed by atoms with van der Waals surface area (Å²) in [7, 11) is 1.23. The Hall–Kier alpha value is -4.00. The standard InChI is InChI=1S/C28H28N4O4S/c1-36-28(35)32-25(23(18-9-4-2-5-10-18)19-11-6-3-7-12-19)27(34)31-24(22-15-14-20(17-29)37-22)26(33)21-13-8-16-30-21/h2-7,9-12,14-15,21,23-25,30H,8,13,16H2,1H3,(H,31,34)(H,32,35)/t21-,24?,25+/m0/s1. The van der Waals surface area contributed by atoms with E-state index in [1.807, 2.05) is 60.7 Å². The molecule has 3 atom stereocenters. The SMILES string of the molecule is COC(=O)N[C@@H](C(=O)NC(C(=O)[C@@H]1CCCN1)c1ccc(C#N)s1)C(c1ccccc1)c1ccccc1. The van der Waals surface area contributed by atoms with Crippen molar-refractivity contribution >= 4 is 29.1 Å². The maximum Gasteiger partial charge on any atom is 0.407 e. The van der Waals surface area contributed by atoms with Gasteiger partial charge in [-0.1, -0.05) is 60.7 Å². The zero-order valence-electron chi connectivity index (χ0n) is 20.3. The molecule has 2 amide bonds. The number of amides is 2. The molecule has 2 heterocycles. The molecule has 3 N–H and O–H groups in total. The van der Waals surface area contributed by atoms with Crippen LogP contribution in [0, 0.1) is 11.3 Å². The van der Waals surface area contributed by atoms with E-state index in [9.17, 15) is 19.6 Å². The molecule has 0 radical (unpaired) electrons. The highest BCUT2D eigenvalue weighted by atomic mass is 32.1. The topological polar surface area (TPSA) is 120 Å². The molecule has 4 rings (SSSR count). The minimum Gasteiger partial charge on any atom is -0.453 e. The number of ether oxygens (including phenoxy) is 1. The highest BCUT2D eigenvalue weighted by Gasteiger charge is 2.37. The van der Waals surface area contributed by atoms with Crippen molar-refractivity contribution in [2.24, 2.45) is 0 Å². The van der Waals surface area contributed by atoms with E-state index in [1.54, 1.807) is 12.1 Å². The lowest BCUT2D eigenvalue weighted by Crippen LogP contribution is -2.53. The van der Waals surface area contributed by atoms with Crippen molar-refractivity contribution in [2.45, 2.75) is 36.9 Å². The maximum atomic E-state index is 13.9. The van der Waals surface area contributed by atoms with Crippen molar-refractivity contribution in [3.63, 3.8) is 0 Å². The molecule has 0 saturated carbocycles. The number of rotatable bonds is 9. The van der Waals surface area contributed by atoms with Gasteiger partial charge in [-0.2, -0.15) is 5.26 Å². The first-order chi connectivity index (χ1) is 18.0. The Morgan fingerprint density at radius 3 is 2.16 bits per heavy atom. The average Bonchev–Trinajstić information content (AvgIpc) is 3.65. The van der Waals surface area contributed by atoms with Crippen LogP contribution in [0.1, 0.15) is 45.7 Å².